The fourth-order valence-electron chi connectivity index (χ4n) is 2.91. The van der Waals surface area contributed by atoms with Gasteiger partial charge in [-0.05, 0) is 48.2 Å². The Morgan fingerprint density at radius 2 is 1.12 bits per heavy atom. The minimum atomic E-state index is -1.99. The van der Waals surface area contributed by atoms with Crippen molar-refractivity contribution in [2.75, 3.05) is 0 Å². The molecule has 0 aliphatic heterocycles. The summed E-state index contributed by atoms with van der Waals surface area (Å²) in [5.41, 5.74) is 1.40. The molecule has 0 aromatic heterocycles. The molecule has 10 nitrogen and oxygen atoms in total. The summed E-state index contributed by atoms with van der Waals surface area (Å²) < 4.78 is 9.99. The van der Waals surface area contributed by atoms with Crippen LogP contribution in [0.2, 0.25) is 0 Å². The van der Waals surface area contributed by atoms with Crippen LogP contribution in [0.15, 0.2) is 48.5 Å². The lowest BCUT2D eigenvalue weighted by Crippen LogP contribution is -2.42. The van der Waals surface area contributed by atoms with Crippen LogP contribution < -0.4 is 0 Å². The summed E-state index contributed by atoms with van der Waals surface area (Å²) in [6, 6.07) is 12.1. The molecule has 0 unspecified atom stereocenters. The van der Waals surface area contributed by atoms with E-state index in [1.165, 1.54) is 24.3 Å². The molecule has 2 aromatic carbocycles. The first-order chi connectivity index (χ1) is 15.6. The third-order valence-corrected chi connectivity index (χ3v) is 4.61. The van der Waals surface area contributed by atoms with Gasteiger partial charge in [0.2, 0.25) is 6.10 Å². The highest BCUT2D eigenvalue weighted by molar-refractivity contribution is 5.81. The summed E-state index contributed by atoms with van der Waals surface area (Å²) in [7, 11) is 0. The van der Waals surface area contributed by atoms with Crippen LogP contribution >= 0.6 is 0 Å². The Morgan fingerprint density at radius 3 is 1.52 bits per heavy atom. The molecule has 4 N–H and O–H groups in total. The zero-order chi connectivity index (χ0) is 24.4. The van der Waals surface area contributed by atoms with E-state index in [0.29, 0.717) is 11.1 Å². The quantitative estimate of drug-likeness (QED) is 0.344. The number of ether oxygens (including phenoxy) is 2. The molecule has 2 atom stereocenters. The van der Waals surface area contributed by atoms with Gasteiger partial charge in [0.1, 0.15) is 11.5 Å². The van der Waals surface area contributed by atoms with Crippen LogP contribution in [-0.4, -0.2) is 56.5 Å². The number of carbonyl (C=O) groups excluding carboxylic acids is 2. The Hall–Kier alpha value is -4.08. The molecular formula is C23H24O10. The lowest BCUT2D eigenvalue weighted by Gasteiger charge is -2.23. The maximum absolute atomic E-state index is 12.2. The molecule has 0 saturated heterocycles. The van der Waals surface area contributed by atoms with Gasteiger partial charge in [0.15, 0.2) is 6.10 Å². The molecule has 0 bridgehead atoms. The highest BCUT2D eigenvalue weighted by Gasteiger charge is 2.36. The maximum atomic E-state index is 12.2. The van der Waals surface area contributed by atoms with E-state index in [0.717, 1.165) is 0 Å². The Morgan fingerprint density at radius 1 is 0.697 bits per heavy atom. The number of phenolic OH excluding ortho intramolecular Hbond substituents is 2. The molecule has 0 radical (unpaired) electrons. The lowest BCUT2D eigenvalue weighted by molar-refractivity contribution is -0.181. The molecule has 33 heavy (non-hydrogen) atoms. The van der Waals surface area contributed by atoms with Gasteiger partial charge in [0.05, 0.1) is 6.42 Å². The minimum Gasteiger partial charge on any atom is -0.508 e. The number of hydrogen-bond acceptors (Lipinski definition) is 8. The Bertz CT molecular complexity index is 966. The smallest absolute Gasteiger partial charge is 0.349 e. The molecule has 2 rings (SSSR count). The van der Waals surface area contributed by atoms with Crippen molar-refractivity contribution in [3.63, 3.8) is 0 Å². The van der Waals surface area contributed by atoms with Crippen LogP contribution in [-0.2, 0) is 41.5 Å². The zero-order valence-corrected chi connectivity index (χ0v) is 17.5. The summed E-state index contributed by atoms with van der Waals surface area (Å²) in [6.45, 7) is 0. The van der Waals surface area contributed by atoms with E-state index < -0.39 is 42.5 Å². The van der Waals surface area contributed by atoms with Gasteiger partial charge in [-0.3, -0.25) is 14.4 Å². The van der Waals surface area contributed by atoms with Crippen molar-refractivity contribution in [1.82, 2.24) is 0 Å². The first kappa shape index (κ1) is 25.2. The third kappa shape index (κ3) is 8.90. The van der Waals surface area contributed by atoms with Gasteiger partial charge in [0, 0.05) is 12.8 Å². The molecule has 0 spiro atoms. The van der Waals surface area contributed by atoms with Gasteiger partial charge in [-0.1, -0.05) is 24.3 Å². The lowest BCUT2D eigenvalue weighted by atomic mass is 10.1. The highest BCUT2D eigenvalue weighted by atomic mass is 16.6. The molecule has 2 aromatic rings. The van der Waals surface area contributed by atoms with E-state index in [9.17, 15) is 34.5 Å². The van der Waals surface area contributed by atoms with Gasteiger partial charge in [-0.15, -0.1) is 0 Å². The molecule has 0 amide bonds. The second-order valence-corrected chi connectivity index (χ2v) is 7.21. The van der Waals surface area contributed by atoms with E-state index >= 15 is 0 Å². The van der Waals surface area contributed by atoms with Gasteiger partial charge < -0.3 is 29.9 Å². The number of carboxylic acids is 2. The summed E-state index contributed by atoms with van der Waals surface area (Å²) in [4.78, 5) is 47.2. The average molecular weight is 460 g/mol. The summed E-state index contributed by atoms with van der Waals surface area (Å²) in [5, 5.41) is 37.1. The van der Waals surface area contributed by atoms with Crippen molar-refractivity contribution >= 4 is 23.9 Å². The van der Waals surface area contributed by atoms with Crippen LogP contribution in [0.4, 0.5) is 0 Å². The van der Waals surface area contributed by atoms with E-state index in [4.69, 9.17) is 14.6 Å². The van der Waals surface area contributed by atoms with Gasteiger partial charge in [-0.2, -0.15) is 0 Å². The maximum Gasteiger partial charge on any atom is 0.349 e. The number of phenols is 2. The molecule has 10 heteroatoms. The monoisotopic (exact) mass is 460 g/mol. The van der Waals surface area contributed by atoms with Crippen molar-refractivity contribution in [2.45, 2.75) is 44.3 Å². The molecule has 0 aliphatic rings. The third-order valence-electron chi connectivity index (χ3n) is 4.61. The summed E-state index contributed by atoms with van der Waals surface area (Å²) in [6.07, 6.45) is -4.56. The Labute approximate surface area is 189 Å². The molecule has 0 saturated carbocycles. The predicted molar refractivity (Wildman–Crippen MR) is 113 cm³/mol. The number of aliphatic carboxylic acids is 2. The van der Waals surface area contributed by atoms with E-state index in [-0.39, 0.29) is 37.2 Å². The number of benzene rings is 2. The molecule has 0 heterocycles. The molecule has 0 aliphatic carbocycles. The minimum absolute atomic E-state index is 0.0519. The van der Waals surface area contributed by atoms with Crippen molar-refractivity contribution < 1.29 is 49.1 Å². The predicted octanol–water partition coefficient (Wildman–Crippen LogP) is 2.05. The molecule has 0 fully saturated rings. The molecular weight excluding hydrogens is 436 g/mol. The normalized spacial score (nSPS) is 12.4. The Balaban J connectivity index is 1.98. The van der Waals surface area contributed by atoms with Crippen LogP contribution in [0.5, 0.6) is 11.5 Å². The van der Waals surface area contributed by atoms with Gasteiger partial charge in [0.25, 0.3) is 0 Å². The number of aromatic hydroxyl groups is 2. The van der Waals surface area contributed by atoms with Crippen LogP contribution in [0, 0.1) is 0 Å². The van der Waals surface area contributed by atoms with Crippen molar-refractivity contribution in [3.05, 3.63) is 59.7 Å². The van der Waals surface area contributed by atoms with Crippen molar-refractivity contribution in [3.8, 4) is 11.5 Å². The van der Waals surface area contributed by atoms with Gasteiger partial charge in [-0.25, -0.2) is 4.79 Å². The first-order valence-electron chi connectivity index (χ1n) is 10.0. The number of aryl methyl sites for hydroxylation is 2. The van der Waals surface area contributed by atoms with Crippen LogP contribution in [0.25, 0.3) is 0 Å². The van der Waals surface area contributed by atoms with Crippen molar-refractivity contribution in [1.29, 1.82) is 0 Å². The number of esters is 2. The second-order valence-electron chi connectivity index (χ2n) is 7.21. The summed E-state index contributed by atoms with van der Waals surface area (Å²) >= 11 is 0. The fourth-order valence-corrected chi connectivity index (χ4v) is 2.91. The van der Waals surface area contributed by atoms with Gasteiger partial charge >= 0.3 is 23.9 Å². The van der Waals surface area contributed by atoms with Crippen LogP contribution in [0.3, 0.4) is 0 Å². The second kappa shape index (κ2) is 12.1. The fraction of sp³-hybridized carbons (Fsp3) is 0.304. The van der Waals surface area contributed by atoms with Crippen LogP contribution in [0.1, 0.15) is 30.4 Å². The standard InChI is InChI=1S/C23H24O10/c24-16-7-1-14(2-8-16)5-11-20(28)32-18(13-19(26)27)22(23(30)31)33-21(29)12-6-15-3-9-17(25)10-4-15/h1-4,7-10,18,22,24-25H,5-6,11-13H2,(H,26,27)(H,30,31)/t18-,22+/m0/s1. The first-order valence-corrected chi connectivity index (χ1v) is 10.0. The molecule has 176 valence electrons. The Kier molecular flexibility index (Phi) is 9.22. The number of carboxylic acid groups (broad SMARTS) is 2. The summed E-state index contributed by atoms with van der Waals surface area (Å²) in [5.74, 6) is -4.74. The number of rotatable bonds is 12. The van der Waals surface area contributed by atoms with E-state index in [1.54, 1.807) is 24.3 Å². The highest BCUT2D eigenvalue weighted by Crippen LogP contribution is 2.16. The van der Waals surface area contributed by atoms with E-state index in [2.05, 4.69) is 0 Å². The number of carbonyl (C=O) groups is 4. The van der Waals surface area contributed by atoms with Crippen molar-refractivity contribution in [2.24, 2.45) is 0 Å². The van der Waals surface area contributed by atoms with E-state index in [1.807, 2.05) is 0 Å². The average Bonchev–Trinajstić information content (AvgIpc) is 2.75. The largest absolute Gasteiger partial charge is 0.508 e. The zero-order valence-electron chi connectivity index (χ0n) is 17.5. The SMILES string of the molecule is O=C(O)C[C@H](OC(=O)CCc1ccc(O)cc1)[C@@H](OC(=O)CCc1ccc(O)cc1)C(=O)O. The number of hydrogen-bond donors (Lipinski definition) is 4. The topological polar surface area (TPSA) is 168 Å².